The van der Waals surface area contributed by atoms with Crippen molar-refractivity contribution in [1.29, 1.82) is 0 Å². The number of carbonyl (C=O) groups excluding carboxylic acids is 2. The Morgan fingerprint density at radius 1 is 0.871 bits per heavy atom. The van der Waals surface area contributed by atoms with Gasteiger partial charge in [-0.05, 0) is 24.3 Å². The second-order valence-corrected chi connectivity index (χ2v) is 6.81. The topological polar surface area (TPSA) is 77.5 Å². The molecule has 1 heterocycles. The van der Waals surface area contributed by atoms with Crippen LogP contribution in [0.4, 0.5) is 5.69 Å². The average Bonchev–Trinajstić information content (AvgIpc) is 2.82. The van der Waals surface area contributed by atoms with Crippen LogP contribution in [0.1, 0.15) is 22.2 Å². The third-order valence-corrected chi connectivity index (χ3v) is 4.71. The van der Waals surface area contributed by atoms with Crippen LogP contribution >= 0.6 is 0 Å². The van der Waals surface area contributed by atoms with E-state index in [-0.39, 0.29) is 5.69 Å². The molecular formula is C25H20N2O4. The van der Waals surface area contributed by atoms with Gasteiger partial charge in [-0.15, -0.1) is 0 Å². The van der Waals surface area contributed by atoms with Crippen molar-refractivity contribution in [2.24, 2.45) is 0 Å². The zero-order valence-corrected chi connectivity index (χ0v) is 16.8. The molecular weight excluding hydrogens is 392 g/mol. The normalized spacial score (nSPS) is 11.5. The lowest BCUT2D eigenvalue weighted by atomic mass is 10.1. The molecule has 0 radical (unpaired) electrons. The van der Waals surface area contributed by atoms with Gasteiger partial charge >= 0.3 is 5.97 Å². The molecule has 0 fully saturated rings. The summed E-state index contributed by atoms with van der Waals surface area (Å²) in [7, 11) is 1.55. The standard InChI is InChI=1S/C25H20N2O4/c1-30-20-12-7-11-19(16-20)26-24(28)23(18-9-3-2-4-10-18)31-25(29)22-15-14-17-8-5-6-13-21(17)27-22/h2-16,23H,1H3,(H,26,28)/t23-/m0/s1. The molecule has 0 saturated heterocycles. The summed E-state index contributed by atoms with van der Waals surface area (Å²) in [6, 6.07) is 26.7. The Labute approximate surface area is 179 Å². The number of rotatable bonds is 6. The van der Waals surface area contributed by atoms with Crippen LogP contribution in [0.3, 0.4) is 0 Å². The van der Waals surface area contributed by atoms with Crippen molar-refractivity contribution in [3.63, 3.8) is 0 Å². The van der Waals surface area contributed by atoms with Crippen molar-refractivity contribution in [3.8, 4) is 5.75 Å². The van der Waals surface area contributed by atoms with E-state index in [2.05, 4.69) is 10.3 Å². The number of para-hydroxylation sites is 1. The van der Waals surface area contributed by atoms with Crippen LogP contribution in [0.5, 0.6) is 5.75 Å². The van der Waals surface area contributed by atoms with Gasteiger partial charge < -0.3 is 14.8 Å². The number of nitrogens with zero attached hydrogens (tertiary/aromatic N) is 1. The first-order chi connectivity index (χ1) is 15.1. The maximum absolute atomic E-state index is 13.0. The zero-order chi connectivity index (χ0) is 21.6. The summed E-state index contributed by atoms with van der Waals surface area (Å²) in [5.41, 5.74) is 1.89. The van der Waals surface area contributed by atoms with Crippen molar-refractivity contribution in [2.75, 3.05) is 12.4 Å². The number of aromatic nitrogens is 1. The van der Waals surface area contributed by atoms with Crippen molar-refractivity contribution >= 4 is 28.5 Å². The Kier molecular flexibility index (Phi) is 5.89. The van der Waals surface area contributed by atoms with Crippen LogP contribution in [-0.4, -0.2) is 24.0 Å². The van der Waals surface area contributed by atoms with Gasteiger partial charge in [-0.25, -0.2) is 9.78 Å². The van der Waals surface area contributed by atoms with Crippen LogP contribution in [0, 0.1) is 0 Å². The number of esters is 1. The molecule has 1 atom stereocenters. The Hall–Kier alpha value is -4.19. The molecule has 31 heavy (non-hydrogen) atoms. The van der Waals surface area contributed by atoms with E-state index in [9.17, 15) is 9.59 Å². The highest BCUT2D eigenvalue weighted by Crippen LogP contribution is 2.23. The third kappa shape index (κ3) is 4.70. The first-order valence-electron chi connectivity index (χ1n) is 9.71. The van der Waals surface area contributed by atoms with Crippen molar-refractivity contribution < 1.29 is 19.1 Å². The number of methoxy groups -OCH3 is 1. The Balaban J connectivity index is 1.59. The molecule has 0 spiro atoms. The molecule has 0 aliphatic heterocycles. The summed E-state index contributed by atoms with van der Waals surface area (Å²) in [5, 5.41) is 3.70. The lowest BCUT2D eigenvalue weighted by molar-refractivity contribution is -0.125. The van der Waals surface area contributed by atoms with Crippen molar-refractivity contribution in [2.45, 2.75) is 6.10 Å². The van der Waals surface area contributed by atoms with Gasteiger partial charge in [-0.2, -0.15) is 0 Å². The Bertz CT molecular complexity index is 1220. The molecule has 6 heteroatoms. The number of ether oxygens (including phenoxy) is 2. The van der Waals surface area contributed by atoms with E-state index < -0.39 is 18.0 Å². The minimum atomic E-state index is -1.15. The maximum Gasteiger partial charge on any atom is 0.358 e. The fourth-order valence-corrected chi connectivity index (χ4v) is 3.16. The first kappa shape index (κ1) is 20.1. The second kappa shape index (κ2) is 9.09. The molecule has 4 rings (SSSR count). The molecule has 0 aliphatic carbocycles. The lowest BCUT2D eigenvalue weighted by Gasteiger charge is -2.18. The minimum Gasteiger partial charge on any atom is -0.497 e. The summed E-state index contributed by atoms with van der Waals surface area (Å²) >= 11 is 0. The second-order valence-electron chi connectivity index (χ2n) is 6.81. The van der Waals surface area contributed by atoms with Crippen LogP contribution in [0.15, 0.2) is 91.0 Å². The predicted molar refractivity (Wildman–Crippen MR) is 118 cm³/mol. The highest BCUT2D eigenvalue weighted by Gasteiger charge is 2.26. The first-order valence-corrected chi connectivity index (χ1v) is 9.71. The summed E-state index contributed by atoms with van der Waals surface area (Å²) in [5.74, 6) is -0.555. The monoisotopic (exact) mass is 412 g/mol. The van der Waals surface area contributed by atoms with Gasteiger partial charge in [0.15, 0.2) is 0 Å². The van der Waals surface area contributed by atoms with Gasteiger partial charge in [-0.1, -0.05) is 60.7 Å². The molecule has 3 aromatic carbocycles. The van der Waals surface area contributed by atoms with Gasteiger partial charge in [0.1, 0.15) is 11.4 Å². The van der Waals surface area contributed by atoms with Gasteiger partial charge in [0.2, 0.25) is 6.10 Å². The number of carbonyl (C=O) groups is 2. The van der Waals surface area contributed by atoms with E-state index in [1.165, 1.54) is 0 Å². The number of anilines is 1. The molecule has 1 amide bonds. The van der Waals surface area contributed by atoms with E-state index in [0.29, 0.717) is 22.5 Å². The van der Waals surface area contributed by atoms with Crippen molar-refractivity contribution in [1.82, 2.24) is 4.98 Å². The number of benzene rings is 3. The number of pyridine rings is 1. The van der Waals surface area contributed by atoms with Gasteiger partial charge in [0.25, 0.3) is 5.91 Å². The summed E-state index contributed by atoms with van der Waals surface area (Å²) in [6.45, 7) is 0. The molecule has 0 unspecified atom stereocenters. The Morgan fingerprint density at radius 2 is 1.65 bits per heavy atom. The van der Waals surface area contributed by atoms with E-state index >= 15 is 0 Å². The third-order valence-electron chi connectivity index (χ3n) is 4.71. The smallest absolute Gasteiger partial charge is 0.358 e. The van der Waals surface area contributed by atoms with Crippen LogP contribution in [0.2, 0.25) is 0 Å². The average molecular weight is 412 g/mol. The predicted octanol–water partition coefficient (Wildman–Crippen LogP) is 4.78. The molecule has 0 aliphatic rings. The number of amides is 1. The molecule has 0 saturated carbocycles. The largest absolute Gasteiger partial charge is 0.497 e. The minimum absolute atomic E-state index is 0.133. The fourth-order valence-electron chi connectivity index (χ4n) is 3.16. The SMILES string of the molecule is COc1cccc(NC(=O)[C@@H](OC(=O)c2ccc3ccccc3n2)c2ccccc2)c1. The van der Waals surface area contributed by atoms with Crippen LogP contribution < -0.4 is 10.1 Å². The zero-order valence-electron chi connectivity index (χ0n) is 16.8. The molecule has 4 aromatic rings. The number of fused-ring (bicyclic) bond motifs is 1. The van der Waals surface area contributed by atoms with Crippen LogP contribution in [0.25, 0.3) is 10.9 Å². The van der Waals surface area contributed by atoms with Gasteiger partial charge in [0.05, 0.1) is 12.6 Å². The molecule has 154 valence electrons. The van der Waals surface area contributed by atoms with E-state index in [4.69, 9.17) is 9.47 Å². The quantitative estimate of drug-likeness (QED) is 0.461. The maximum atomic E-state index is 13.0. The summed E-state index contributed by atoms with van der Waals surface area (Å²) < 4.78 is 10.8. The highest BCUT2D eigenvalue weighted by atomic mass is 16.5. The molecule has 6 nitrogen and oxygen atoms in total. The van der Waals surface area contributed by atoms with E-state index in [0.717, 1.165) is 5.39 Å². The molecule has 1 N–H and O–H groups in total. The summed E-state index contributed by atoms with van der Waals surface area (Å²) in [4.78, 5) is 30.3. The number of hydrogen-bond acceptors (Lipinski definition) is 5. The highest BCUT2D eigenvalue weighted by molar-refractivity contribution is 5.98. The molecule has 0 bridgehead atoms. The van der Waals surface area contributed by atoms with Gasteiger partial charge in [-0.3, -0.25) is 4.79 Å². The number of hydrogen-bond donors (Lipinski definition) is 1. The number of nitrogens with one attached hydrogen (secondary N) is 1. The van der Waals surface area contributed by atoms with E-state index in [1.807, 2.05) is 30.3 Å². The summed E-state index contributed by atoms with van der Waals surface area (Å²) in [6.07, 6.45) is -1.15. The van der Waals surface area contributed by atoms with Gasteiger partial charge in [0, 0.05) is 22.7 Å². The Morgan fingerprint density at radius 3 is 2.45 bits per heavy atom. The fraction of sp³-hybridized carbons (Fsp3) is 0.0800. The molecule has 1 aromatic heterocycles. The van der Waals surface area contributed by atoms with E-state index in [1.54, 1.807) is 67.8 Å². The van der Waals surface area contributed by atoms with Crippen LogP contribution in [-0.2, 0) is 9.53 Å². The lowest BCUT2D eigenvalue weighted by Crippen LogP contribution is -2.26. The van der Waals surface area contributed by atoms with Crippen molar-refractivity contribution in [3.05, 3.63) is 102 Å².